The minimum absolute atomic E-state index is 0.144. The van der Waals surface area contributed by atoms with Crippen LogP contribution in [0.2, 0.25) is 0 Å². The van der Waals surface area contributed by atoms with Gasteiger partial charge in [0, 0.05) is 0 Å². The fourth-order valence-electron chi connectivity index (χ4n) is 0.889. The predicted octanol–water partition coefficient (Wildman–Crippen LogP) is 1.30. The Hall–Kier alpha value is -1.15. The molecule has 0 rings (SSSR count). The summed E-state index contributed by atoms with van der Waals surface area (Å²) in [5.74, 6) is -0.175. The summed E-state index contributed by atoms with van der Waals surface area (Å²) in [6, 6.07) is -0.309. The molecule has 0 heterocycles. The van der Waals surface area contributed by atoms with E-state index >= 15 is 0 Å². The van der Waals surface area contributed by atoms with E-state index in [9.17, 15) is 9.59 Å². The quantitative estimate of drug-likeness (QED) is 0.368. The van der Waals surface area contributed by atoms with Crippen LogP contribution in [0.3, 0.4) is 0 Å². The Balaban J connectivity index is 4.09. The zero-order chi connectivity index (χ0) is 10.3. The molecule has 4 nitrogen and oxygen atoms in total. The van der Waals surface area contributed by atoms with Crippen molar-refractivity contribution in [2.75, 3.05) is 6.61 Å². The van der Waals surface area contributed by atoms with Gasteiger partial charge in [-0.05, 0) is 12.8 Å². The van der Waals surface area contributed by atoms with Gasteiger partial charge in [-0.1, -0.05) is 13.8 Å². The van der Waals surface area contributed by atoms with Crippen molar-refractivity contribution in [1.29, 1.82) is 0 Å². The highest BCUT2D eigenvalue weighted by molar-refractivity contribution is 5.70. The number of carbonyl (C=O) groups is 1. The Morgan fingerprint density at radius 1 is 1.54 bits per heavy atom. The molecule has 4 heteroatoms. The van der Waals surface area contributed by atoms with Crippen LogP contribution in [-0.2, 0) is 14.3 Å². The molecule has 0 aromatic carbocycles. The Kier molecular flexibility index (Phi) is 5.81. The third-order valence-corrected chi connectivity index (χ3v) is 1.67. The largest absolute Gasteiger partial charge is 0.466 e. The summed E-state index contributed by atoms with van der Waals surface area (Å²) >= 11 is 0. The lowest BCUT2D eigenvalue weighted by Crippen LogP contribution is -2.19. The molecule has 0 amide bonds. The number of hydrogen-bond acceptors (Lipinski definition) is 4. The molecule has 0 aromatic heterocycles. The maximum atomic E-state index is 11.0. The van der Waals surface area contributed by atoms with E-state index in [0.29, 0.717) is 6.61 Å². The summed E-state index contributed by atoms with van der Waals surface area (Å²) in [5.41, 5.74) is 0. The summed E-state index contributed by atoms with van der Waals surface area (Å²) in [5, 5.41) is 0. The van der Waals surface area contributed by atoms with Gasteiger partial charge >= 0.3 is 5.97 Å². The molecule has 0 aliphatic heterocycles. The zero-order valence-corrected chi connectivity index (χ0v) is 8.24. The molecule has 13 heavy (non-hydrogen) atoms. The smallest absolute Gasteiger partial charge is 0.307 e. The zero-order valence-electron chi connectivity index (χ0n) is 8.24. The Labute approximate surface area is 78.0 Å². The van der Waals surface area contributed by atoms with Gasteiger partial charge in [0.15, 0.2) is 0 Å². The van der Waals surface area contributed by atoms with Crippen molar-refractivity contribution in [3.63, 3.8) is 0 Å². The lowest BCUT2D eigenvalue weighted by atomic mass is 10.0. The SMILES string of the molecule is CCOC(=O)C[C@H](N=C=O)C(C)C. The van der Waals surface area contributed by atoms with Gasteiger partial charge in [0.2, 0.25) is 6.08 Å². The summed E-state index contributed by atoms with van der Waals surface area (Å²) in [6.07, 6.45) is 1.62. The van der Waals surface area contributed by atoms with E-state index in [2.05, 4.69) is 4.99 Å². The number of ether oxygens (including phenoxy) is 1. The van der Waals surface area contributed by atoms with E-state index in [4.69, 9.17) is 4.74 Å². The lowest BCUT2D eigenvalue weighted by molar-refractivity contribution is -0.143. The minimum atomic E-state index is -0.319. The molecule has 1 atom stereocenters. The number of nitrogens with zero attached hydrogens (tertiary/aromatic N) is 1. The highest BCUT2D eigenvalue weighted by Gasteiger charge is 2.17. The first kappa shape index (κ1) is 11.8. The van der Waals surface area contributed by atoms with Crippen LogP contribution in [0.5, 0.6) is 0 Å². The number of carbonyl (C=O) groups excluding carboxylic acids is 2. The fraction of sp³-hybridized carbons (Fsp3) is 0.778. The van der Waals surface area contributed by atoms with Crippen molar-refractivity contribution >= 4 is 12.0 Å². The first-order chi connectivity index (χ1) is 6.11. The number of aliphatic imine (C=N–C) groups is 1. The van der Waals surface area contributed by atoms with Gasteiger partial charge < -0.3 is 4.74 Å². The average Bonchev–Trinajstić information content (AvgIpc) is 2.04. The van der Waals surface area contributed by atoms with Crippen LogP contribution in [0.25, 0.3) is 0 Å². The van der Waals surface area contributed by atoms with Gasteiger partial charge in [0.1, 0.15) is 0 Å². The van der Waals surface area contributed by atoms with Crippen LogP contribution in [0.15, 0.2) is 4.99 Å². The average molecular weight is 185 g/mol. The second-order valence-electron chi connectivity index (χ2n) is 3.04. The Morgan fingerprint density at radius 2 is 2.15 bits per heavy atom. The van der Waals surface area contributed by atoms with E-state index in [1.54, 1.807) is 6.92 Å². The van der Waals surface area contributed by atoms with Crippen molar-refractivity contribution in [2.24, 2.45) is 10.9 Å². The molecule has 0 bridgehead atoms. The van der Waals surface area contributed by atoms with Gasteiger partial charge in [-0.2, -0.15) is 0 Å². The van der Waals surface area contributed by atoms with Crippen LogP contribution in [-0.4, -0.2) is 24.7 Å². The predicted molar refractivity (Wildman–Crippen MR) is 48.0 cm³/mol. The van der Waals surface area contributed by atoms with Gasteiger partial charge in [0.25, 0.3) is 0 Å². The molecule has 0 spiro atoms. The summed E-state index contributed by atoms with van der Waals surface area (Å²) in [4.78, 5) is 24.6. The Bertz CT molecular complexity index is 207. The third kappa shape index (κ3) is 5.15. The molecule has 0 aliphatic carbocycles. The van der Waals surface area contributed by atoms with Crippen molar-refractivity contribution in [1.82, 2.24) is 0 Å². The fourth-order valence-corrected chi connectivity index (χ4v) is 0.889. The molecule has 0 radical (unpaired) electrons. The molecule has 0 fully saturated rings. The third-order valence-electron chi connectivity index (χ3n) is 1.67. The van der Waals surface area contributed by atoms with E-state index in [1.807, 2.05) is 13.8 Å². The van der Waals surface area contributed by atoms with Crippen LogP contribution in [0.4, 0.5) is 0 Å². The topological polar surface area (TPSA) is 55.7 Å². The van der Waals surface area contributed by atoms with Crippen LogP contribution in [0.1, 0.15) is 27.2 Å². The van der Waals surface area contributed by atoms with Crippen molar-refractivity contribution in [3.05, 3.63) is 0 Å². The number of hydrogen-bond donors (Lipinski definition) is 0. The highest BCUT2D eigenvalue weighted by Crippen LogP contribution is 2.10. The van der Waals surface area contributed by atoms with Crippen LogP contribution >= 0.6 is 0 Å². The normalized spacial score (nSPS) is 12.0. The summed E-state index contributed by atoms with van der Waals surface area (Å²) in [6.45, 7) is 5.88. The molecule has 0 saturated carbocycles. The lowest BCUT2D eigenvalue weighted by Gasteiger charge is -2.12. The second-order valence-corrected chi connectivity index (χ2v) is 3.04. The minimum Gasteiger partial charge on any atom is -0.466 e. The maximum Gasteiger partial charge on any atom is 0.307 e. The number of rotatable bonds is 5. The van der Waals surface area contributed by atoms with Crippen LogP contribution in [0, 0.1) is 5.92 Å². The first-order valence-electron chi connectivity index (χ1n) is 4.34. The highest BCUT2D eigenvalue weighted by atomic mass is 16.5. The summed E-state index contributed by atoms with van der Waals surface area (Å²) < 4.78 is 4.74. The van der Waals surface area contributed by atoms with Gasteiger partial charge in [-0.25, -0.2) is 9.79 Å². The standard InChI is InChI=1S/C9H15NO3/c1-4-13-9(12)5-8(7(2)3)10-6-11/h7-8H,4-5H2,1-3H3/t8-/m0/s1. The molecule has 0 saturated heterocycles. The van der Waals surface area contributed by atoms with Gasteiger partial charge in [-0.15, -0.1) is 0 Å². The molecule has 0 aromatic rings. The molecule has 0 N–H and O–H groups in total. The summed E-state index contributed by atoms with van der Waals surface area (Å²) in [7, 11) is 0. The monoisotopic (exact) mass is 185 g/mol. The number of esters is 1. The second kappa shape index (κ2) is 6.38. The maximum absolute atomic E-state index is 11.0. The van der Waals surface area contributed by atoms with E-state index in [-0.39, 0.29) is 24.3 Å². The van der Waals surface area contributed by atoms with Crippen molar-refractivity contribution in [2.45, 2.75) is 33.2 Å². The van der Waals surface area contributed by atoms with Crippen LogP contribution < -0.4 is 0 Å². The number of isocyanates is 1. The van der Waals surface area contributed by atoms with E-state index in [1.165, 1.54) is 6.08 Å². The molecular weight excluding hydrogens is 170 g/mol. The Morgan fingerprint density at radius 3 is 2.54 bits per heavy atom. The van der Waals surface area contributed by atoms with Crippen molar-refractivity contribution < 1.29 is 14.3 Å². The first-order valence-corrected chi connectivity index (χ1v) is 4.34. The van der Waals surface area contributed by atoms with E-state index in [0.717, 1.165) is 0 Å². The van der Waals surface area contributed by atoms with Gasteiger partial charge in [-0.3, -0.25) is 4.79 Å². The molecule has 74 valence electrons. The van der Waals surface area contributed by atoms with Crippen molar-refractivity contribution in [3.8, 4) is 0 Å². The molecule has 0 unspecified atom stereocenters. The molecule has 0 aliphatic rings. The molecular formula is C9H15NO3. The van der Waals surface area contributed by atoms with Gasteiger partial charge in [0.05, 0.1) is 19.1 Å². The van der Waals surface area contributed by atoms with E-state index < -0.39 is 0 Å².